The molecule has 0 unspecified atom stereocenters. The van der Waals surface area contributed by atoms with Crippen LogP contribution in [0.25, 0.3) is 0 Å². The molecule has 732 valence electrons. The van der Waals surface area contributed by atoms with Crippen molar-refractivity contribution in [2.45, 2.75) is 346 Å². The number of benzene rings is 7. The van der Waals surface area contributed by atoms with E-state index in [4.69, 9.17) is 0 Å². The summed E-state index contributed by atoms with van der Waals surface area (Å²) < 4.78 is 0. The molecule has 0 bridgehead atoms. The van der Waals surface area contributed by atoms with Crippen LogP contribution in [-0.2, 0) is 87.9 Å². The number of nitrogens with zero attached hydrogens (tertiary/aromatic N) is 1. The van der Waals surface area contributed by atoms with Gasteiger partial charge in [-0.3, -0.25) is 43.3 Å². The summed E-state index contributed by atoms with van der Waals surface area (Å²) in [5.74, 6) is 2.48. The highest BCUT2D eigenvalue weighted by molar-refractivity contribution is 5.99. The van der Waals surface area contributed by atoms with Gasteiger partial charge in [-0.2, -0.15) is 0 Å². The second-order valence-electron chi connectivity index (χ2n) is 43.1. The average molecular weight is 1830 g/mol. The van der Waals surface area contributed by atoms with Gasteiger partial charge in [-0.25, -0.2) is 0 Å². The van der Waals surface area contributed by atoms with Gasteiger partial charge < -0.3 is 67.6 Å². The Kier molecular flexibility index (Phi) is 48.6. The molecule has 13 N–H and O–H groups in total. The number of aromatic hydroxyl groups is 7. The molecule has 22 nitrogen and oxygen atoms in total. The van der Waals surface area contributed by atoms with Gasteiger partial charge in [0.1, 0.15) is 75.2 Å². The van der Waals surface area contributed by atoms with Crippen LogP contribution < -0.4 is 31.9 Å². The van der Waals surface area contributed by atoms with Gasteiger partial charge in [0.15, 0.2) is 11.6 Å². The number of para-hydroxylation sites is 7. The van der Waals surface area contributed by atoms with Crippen LogP contribution in [0.1, 0.15) is 315 Å². The zero-order chi connectivity index (χ0) is 102. The molecule has 0 heterocycles. The van der Waals surface area contributed by atoms with Crippen LogP contribution in [-0.4, -0.2) is 131 Å². The minimum atomic E-state index is -0.526. The molecule has 0 saturated heterocycles. The predicted octanol–water partition coefficient (Wildman–Crippen LogP) is 21.0. The summed E-state index contributed by atoms with van der Waals surface area (Å²) in [5, 5.41) is 89.3. The highest BCUT2D eigenvalue weighted by atomic mass is 16.3. The molecule has 0 spiro atoms. The molecule has 132 heavy (non-hydrogen) atoms. The maximum absolute atomic E-state index is 11.9. The van der Waals surface area contributed by atoms with Gasteiger partial charge in [-0.05, 0) is 163 Å². The van der Waals surface area contributed by atoms with Crippen molar-refractivity contribution in [2.75, 3.05) is 0 Å². The van der Waals surface area contributed by atoms with Gasteiger partial charge in [0, 0.05) is 72.3 Å². The lowest BCUT2D eigenvalue weighted by Crippen LogP contribution is -2.45. The highest BCUT2D eigenvalue weighted by Crippen LogP contribution is 2.38. The third kappa shape index (κ3) is 41.1. The second kappa shape index (κ2) is 53.6. The number of nitrogens with one attached hydrogen (secondary N) is 6. The van der Waals surface area contributed by atoms with E-state index in [-0.39, 0.29) is 161 Å². The monoisotopic (exact) mass is 1830 g/mol. The number of amides is 1. The van der Waals surface area contributed by atoms with E-state index in [1.54, 1.807) is 83.3 Å². The van der Waals surface area contributed by atoms with Crippen LogP contribution in [0.5, 0.6) is 40.2 Å². The lowest BCUT2D eigenvalue weighted by Gasteiger charge is -2.30. The molecule has 0 saturated carbocycles. The molecule has 0 radical (unpaired) electrons. The van der Waals surface area contributed by atoms with Crippen molar-refractivity contribution in [1.82, 2.24) is 31.9 Å². The molecule has 0 aliphatic carbocycles. The summed E-state index contributed by atoms with van der Waals surface area (Å²) >= 11 is 0. The zero-order valence-electron chi connectivity index (χ0n) is 86.7. The van der Waals surface area contributed by atoms with E-state index >= 15 is 0 Å². The van der Waals surface area contributed by atoms with Crippen molar-refractivity contribution in [3.05, 3.63) is 207 Å². The van der Waals surface area contributed by atoms with E-state index < -0.39 is 11.9 Å². The van der Waals surface area contributed by atoms with Gasteiger partial charge in [0.05, 0.1) is 41.8 Å². The van der Waals surface area contributed by atoms with Crippen LogP contribution >= 0.6 is 0 Å². The zero-order valence-corrected chi connectivity index (χ0v) is 86.7. The quantitative estimate of drug-likeness (QED) is 0.0186. The molecule has 0 aliphatic rings. The van der Waals surface area contributed by atoms with E-state index in [9.17, 15) is 74.1 Å². The summed E-state index contributed by atoms with van der Waals surface area (Å²) in [6.07, 6.45) is 1.56. The van der Waals surface area contributed by atoms with Crippen molar-refractivity contribution in [2.24, 2.45) is 44.9 Å². The van der Waals surface area contributed by atoms with Gasteiger partial charge in [-0.15, -0.1) is 0 Å². The molecule has 1 amide bonds. The summed E-state index contributed by atoms with van der Waals surface area (Å²) in [6.45, 7) is 72.4. The minimum absolute atomic E-state index is 0.0160. The summed E-state index contributed by atoms with van der Waals surface area (Å²) in [4.78, 5) is 97.1. The Bertz CT molecular complexity index is 4650. The molecular weight excluding hydrogens is 1660 g/mol. The number of ketones is 7. The number of aliphatic imine (C=N–C) groups is 1. The number of carbonyl (C=O) groups excluding carboxylic acids is 8. The molecule has 7 rings (SSSR count). The van der Waals surface area contributed by atoms with Crippen molar-refractivity contribution in [3.8, 4) is 40.2 Å². The number of rotatable bonds is 30. The summed E-state index contributed by atoms with van der Waals surface area (Å²) in [5.41, 5.74) is 7.80. The lowest BCUT2D eigenvalue weighted by molar-refractivity contribution is -0.122. The van der Waals surface area contributed by atoms with Crippen LogP contribution in [0.4, 0.5) is 0 Å². The largest absolute Gasteiger partial charge is 0.508 e. The molecule has 0 fully saturated rings. The Balaban J connectivity index is 0.000000772. The summed E-state index contributed by atoms with van der Waals surface area (Å²) in [6, 6.07) is 41.7. The molecule has 7 atom stereocenters. The average Bonchev–Trinajstić information content (AvgIpc) is 0.824. The molecular formula is C110H167N7O15. The highest BCUT2D eigenvalue weighted by Gasteiger charge is 2.34. The third-order valence-corrected chi connectivity index (χ3v) is 22.1. The van der Waals surface area contributed by atoms with Gasteiger partial charge in [0.2, 0.25) is 0 Å². The number of phenols is 7. The van der Waals surface area contributed by atoms with E-state index in [1.165, 1.54) is 26.0 Å². The molecule has 0 aliphatic heterocycles. The first-order valence-corrected chi connectivity index (χ1v) is 46.1. The molecule has 22 heteroatoms. The van der Waals surface area contributed by atoms with Crippen LogP contribution in [0.2, 0.25) is 0 Å². The number of carbonyl (C=O) groups is 8. The van der Waals surface area contributed by atoms with Crippen molar-refractivity contribution >= 4 is 52.6 Å². The van der Waals surface area contributed by atoms with E-state index in [2.05, 4.69) is 120 Å². The van der Waals surface area contributed by atoms with Gasteiger partial charge in [-0.1, -0.05) is 316 Å². The van der Waals surface area contributed by atoms with Gasteiger partial charge in [0.25, 0.3) is 5.91 Å². The fourth-order valence-corrected chi connectivity index (χ4v) is 15.1. The SMILES string of the molecule is CC(=O)[C@@H](N=Cc1ccccc1O)C(C)C.CC(=O)[C@@H](NC(=O)c1ccccc1O)C(C)C.CC(=O)[C@@H](NCc1cccc(C(C)(C)C)c1O)C(C)(C)C.CC(=O)[C@@H](NCc1cccc(C(C)(C)C)c1O)C(C)(C)C.CC(=O)[C@@H](NCc1cccc(C(C)(C)C)c1O)C(C)(C)C.CC(=O)[C@@H](NCc1cccc(C(C)(C)C)c1O)C(C)C.CC(=O)[C@@H](NCc1ccccc1O)C(C)C. The standard InChI is InChI=1S/3C18H29NO2.C17H27NO2.C13H17NO3.C13H19NO2.C13H17NO2/c3*1-12(20)16(18(5,6)7)19-11-13-9-8-10-14(15(13)21)17(2,3)4;1-11(2)15(12(3)19)18-10-13-8-7-9-14(16(13)20)17(4,5)6;1-8(2)12(9(3)15)14-13(17)10-6-4-5-7-11(10)16;2*1-9(2)13(10(3)15)14-8-11-6-4-5-7-12(11)16/h3*8-10,16,19,21H,11H2,1-7H3;7-9,11,15,18,20H,10H2,1-6H3;4-8,12,16H,1-3H3,(H,14,17);4-7,9,13-14,16H,8H2,1-3H3;4-9,13,16H,1-3H3/t3*16-;15-;12-;2*13-/m1110000/s1. The van der Waals surface area contributed by atoms with E-state index in [0.717, 1.165) is 50.1 Å². The van der Waals surface area contributed by atoms with E-state index in [0.29, 0.717) is 61.3 Å². The summed E-state index contributed by atoms with van der Waals surface area (Å²) in [7, 11) is 0. The Morgan fingerprint density at radius 3 is 0.788 bits per heavy atom. The van der Waals surface area contributed by atoms with Crippen LogP contribution in [0.15, 0.2) is 151 Å². The topological polar surface area (TPSA) is 363 Å². The van der Waals surface area contributed by atoms with Crippen LogP contribution in [0, 0.1) is 39.9 Å². The van der Waals surface area contributed by atoms with Crippen LogP contribution in [0.3, 0.4) is 0 Å². The van der Waals surface area contributed by atoms with Crippen molar-refractivity contribution in [3.63, 3.8) is 0 Å². The van der Waals surface area contributed by atoms with Crippen molar-refractivity contribution < 1.29 is 74.1 Å². The first-order valence-electron chi connectivity index (χ1n) is 46.1. The molecule has 0 aromatic heterocycles. The Labute approximate surface area is 792 Å². The maximum atomic E-state index is 11.9. The number of Topliss-reactive ketones (excluding diaryl/α,β-unsaturated/α-hetero) is 7. The van der Waals surface area contributed by atoms with E-state index in [1.807, 2.05) is 209 Å². The predicted molar refractivity (Wildman–Crippen MR) is 540 cm³/mol. The third-order valence-electron chi connectivity index (χ3n) is 22.1. The number of hydrogen-bond donors (Lipinski definition) is 13. The second-order valence-corrected chi connectivity index (χ2v) is 43.1. The number of hydrogen-bond acceptors (Lipinski definition) is 21. The number of phenolic OH excluding ortho intramolecular Hbond substituents is 7. The smallest absolute Gasteiger partial charge is 0.255 e. The molecule has 7 aromatic carbocycles. The minimum Gasteiger partial charge on any atom is -0.508 e. The first-order chi connectivity index (χ1) is 60.4. The molecule has 7 aromatic rings. The Hall–Kier alpha value is -10.2. The lowest BCUT2D eigenvalue weighted by atomic mass is 9.83. The fourth-order valence-electron chi connectivity index (χ4n) is 15.1. The normalized spacial score (nSPS) is 13.5. The maximum Gasteiger partial charge on any atom is 0.255 e. The first kappa shape index (κ1) is 120. The Morgan fingerprint density at radius 2 is 0.545 bits per heavy atom. The Morgan fingerprint density at radius 1 is 0.288 bits per heavy atom. The van der Waals surface area contributed by atoms with Crippen molar-refractivity contribution in [1.29, 1.82) is 0 Å². The van der Waals surface area contributed by atoms with Gasteiger partial charge >= 0.3 is 0 Å². The fraction of sp³-hybridized carbons (Fsp3) is 0.536.